The molecular formula is C14H14FN3O3S2. The number of nitrogens with one attached hydrogen (secondary N) is 1. The average molecular weight is 355 g/mol. The number of aliphatic imine (C=N–C) groups is 1. The highest BCUT2D eigenvalue weighted by molar-refractivity contribution is 8.38. The maximum atomic E-state index is 12.8. The Hall–Kier alpha value is -2.05. The van der Waals surface area contributed by atoms with Gasteiger partial charge in [-0.25, -0.2) is 9.18 Å². The van der Waals surface area contributed by atoms with Crippen LogP contribution in [0.15, 0.2) is 29.3 Å². The van der Waals surface area contributed by atoms with Gasteiger partial charge < -0.3 is 4.74 Å². The van der Waals surface area contributed by atoms with Crippen LogP contribution in [0.4, 0.5) is 9.18 Å². The summed E-state index contributed by atoms with van der Waals surface area (Å²) in [6.45, 7) is 1.80. The summed E-state index contributed by atoms with van der Waals surface area (Å²) in [5, 5.41) is 10.7. The molecule has 0 heterocycles. The Balaban J connectivity index is 2.45. The molecule has 0 aliphatic heterocycles. The molecule has 0 saturated heterocycles. The Morgan fingerprint density at radius 1 is 1.35 bits per heavy atom. The fourth-order valence-electron chi connectivity index (χ4n) is 1.32. The molecule has 0 aliphatic rings. The molecule has 1 rings (SSSR count). The molecule has 0 atom stereocenters. The van der Waals surface area contributed by atoms with Crippen LogP contribution in [-0.2, 0) is 15.3 Å². The van der Waals surface area contributed by atoms with Crippen LogP contribution in [0, 0.1) is 17.3 Å². The molecule has 0 fully saturated rings. The van der Waals surface area contributed by atoms with Gasteiger partial charge in [-0.05, 0) is 24.6 Å². The Bertz CT molecular complexity index is 615. The smallest absolute Gasteiger partial charge is 0.413 e. The molecule has 0 unspecified atom stereocenters. The number of alkyl carbamates (subject to hydrolysis) is 1. The number of nitriles is 1. The van der Waals surface area contributed by atoms with E-state index in [1.54, 1.807) is 25.2 Å². The number of imide groups is 1. The monoisotopic (exact) mass is 355 g/mol. The molecular weight excluding hydrogens is 341 g/mol. The molecule has 0 bridgehead atoms. The summed E-state index contributed by atoms with van der Waals surface area (Å²) in [4.78, 5) is 26.2. The number of rotatable bonds is 5. The number of carbonyl (C=O) groups is 2. The first kappa shape index (κ1) is 19.0. The van der Waals surface area contributed by atoms with Gasteiger partial charge in [0, 0.05) is 5.75 Å². The van der Waals surface area contributed by atoms with Crippen molar-refractivity contribution in [1.82, 2.24) is 5.32 Å². The van der Waals surface area contributed by atoms with Crippen LogP contribution in [0.5, 0.6) is 0 Å². The lowest BCUT2D eigenvalue weighted by Crippen LogP contribution is -2.32. The number of hydrogen-bond acceptors (Lipinski definition) is 7. The second kappa shape index (κ2) is 10.6. The molecule has 0 aliphatic carbocycles. The van der Waals surface area contributed by atoms with Gasteiger partial charge >= 0.3 is 6.09 Å². The van der Waals surface area contributed by atoms with E-state index in [-0.39, 0.29) is 18.2 Å². The molecule has 23 heavy (non-hydrogen) atoms. The number of carbonyl (C=O) groups excluding carboxylic acids is 2. The molecule has 1 N–H and O–H groups in total. The van der Waals surface area contributed by atoms with E-state index in [1.165, 1.54) is 23.9 Å². The number of benzene rings is 1. The zero-order valence-corrected chi connectivity index (χ0v) is 13.9. The summed E-state index contributed by atoms with van der Waals surface area (Å²) < 4.78 is 17.8. The third-order valence-corrected chi connectivity index (χ3v) is 4.53. The SMILES string of the molecule is CCOC(=O)NC(=O)CSC(=NC#N)SCc1ccc(F)cc1. The molecule has 0 aromatic heterocycles. The number of hydrogen-bond donors (Lipinski definition) is 1. The average Bonchev–Trinajstić information content (AvgIpc) is 2.52. The van der Waals surface area contributed by atoms with Crippen molar-refractivity contribution >= 4 is 39.9 Å². The molecule has 1 aromatic carbocycles. The summed E-state index contributed by atoms with van der Waals surface area (Å²) in [5.74, 6) is -0.459. The number of halogens is 1. The molecule has 1 aromatic rings. The van der Waals surface area contributed by atoms with Crippen molar-refractivity contribution in [3.63, 3.8) is 0 Å². The van der Waals surface area contributed by atoms with Crippen LogP contribution in [0.3, 0.4) is 0 Å². The molecule has 0 spiro atoms. The second-order valence-electron chi connectivity index (χ2n) is 3.95. The largest absolute Gasteiger partial charge is 0.450 e. The second-order valence-corrected chi connectivity index (χ2v) is 6.14. The summed E-state index contributed by atoms with van der Waals surface area (Å²) in [7, 11) is 0. The molecule has 0 radical (unpaired) electrons. The van der Waals surface area contributed by atoms with E-state index < -0.39 is 12.0 Å². The van der Waals surface area contributed by atoms with Gasteiger partial charge in [0.05, 0.1) is 12.4 Å². The van der Waals surface area contributed by atoms with Crippen LogP contribution in [0.25, 0.3) is 0 Å². The minimum atomic E-state index is -0.809. The van der Waals surface area contributed by atoms with Crippen LogP contribution < -0.4 is 5.32 Å². The molecule has 0 saturated carbocycles. The van der Waals surface area contributed by atoms with Gasteiger partial charge in [-0.3, -0.25) is 10.1 Å². The Morgan fingerprint density at radius 2 is 2.04 bits per heavy atom. The van der Waals surface area contributed by atoms with Crippen molar-refractivity contribution in [1.29, 1.82) is 5.26 Å². The molecule has 2 amide bonds. The third kappa shape index (κ3) is 8.23. The highest BCUT2D eigenvalue weighted by Gasteiger charge is 2.11. The maximum absolute atomic E-state index is 12.8. The number of thioether (sulfide) groups is 2. The van der Waals surface area contributed by atoms with E-state index >= 15 is 0 Å². The zero-order chi connectivity index (χ0) is 17.1. The van der Waals surface area contributed by atoms with Crippen molar-refractivity contribution in [3.8, 4) is 6.19 Å². The Morgan fingerprint density at radius 3 is 2.65 bits per heavy atom. The standard InChI is InChI=1S/C14H14FN3O3S2/c1-2-21-13(20)18-12(19)8-23-14(17-9-16)22-7-10-3-5-11(15)6-4-10/h3-6H,2,7-8H2,1H3,(H,18,19,20). The van der Waals surface area contributed by atoms with E-state index in [1.807, 2.05) is 5.32 Å². The fourth-order valence-corrected chi connectivity index (χ4v) is 3.02. The topological polar surface area (TPSA) is 91.5 Å². The fraction of sp³-hybridized carbons (Fsp3) is 0.286. The van der Waals surface area contributed by atoms with Crippen molar-refractivity contribution in [3.05, 3.63) is 35.6 Å². The van der Waals surface area contributed by atoms with Crippen LogP contribution in [0.2, 0.25) is 0 Å². The van der Waals surface area contributed by atoms with Crippen molar-refractivity contribution in [2.45, 2.75) is 12.7 Å². The summed E-state index contributed by atoms with van der Waals surface area (Å²) in [6, 6.07) is 5.95. The van der Waals surface area contributed by atoms with Gasteiger partial charge in [0.15, 0.2) is 0 Å². The van der Waals surface area contributed by atoms with E-state index in [0.717, 1.165) is 17.3 Å². The first-order chi connectivity index (χ1) is 11.0. The van der Waals surface area contributed by atoms with Gasteiger partial charge in [0.25, 0.3) is 0 Å². The van der Waals surface area contributed by atoms with E-state index in [4.69, 9.17) is 5.26 Å². The Labute approximate surface area is 141 Å². The lowest BCUT2D eigenvalue weighted by atomic mass is 10.2. The third-order valence-electron chi connectivity index (χ3n) is 2.26. The molecule has 6 nitrogen and oxygen atoms in total. The minimum absolute atomic E-state index is 0.0737. The van der Waals surface area contributed by atoms with Crippen LogP contribution >= 0.6 is 23.5 Å². The number of ether oxygens (including phenoxy) is 1. The van der Waals surface area contributed by atoms with Gasteiger partial charge in [-0.1, -0.05) is 35.7 Å². The lowest BCUT2D eigenvalue weighted by Gasteiger charge is -2.05. The Kier molecular flexibility index (Phi) is 8.79. The van der Waals surface area contributed by atoms with E-state index in [0.29, 0.717) is 10.1 Å². The lowest BCUT2D eigenvalue weighted by molar-refractivity contribution is -0.117. The molecule has 122 valence electrons. The zero-order valence-electron chi connectivity index (χ0n) is 12.2. The normalized spacial score (nSPS) is 10.7. The highest BCUT2D eigenvalue weighted by atomic mass is 32.2. The summed E-state index contributed by atoms with van der Waals surface area (Å²) in [5.41, 5.74) is 0.860. The van der Waals surface area contributed by atoms with Gasteiger partial charge in [0.2, 0.25) is 12.1 Å². The highest BCUT2D eigenvalue weighted by Crippen LogP contribution is 2.21. The van der Waals surface area contributed by atoms with E-state index in [2.05, 4.69) is 9.73 Å². The maximum Gasteiger partial charge on any atom is 0.413 e. The minimum Gasteiger partial charge on any atom is -0.450 e. The van der Waals surface area contributed by atoms with Gasteiger partial charge in [-0.15, -0.1) is 0 Å². The predicted octanol–water partition coefficient (Wildman–Crippen LogP) is 2.90. The van der Waals surface area contributed by atoms with Crippen molar-refractivity contribution in [2.75, 3.05) is 12.4 Å². The van der Waals surface area contributed by atoms with Gasteiger partial charge in [-0.2, -0.15) is 10.3 Å². The van der Waals surface area contributed by atoms with Crippen LogP contribution in [0.1, 0.15) is 12.5 Å². The quantitative estimate of drug-likeness (QED) is 0.496. The molecule has 9 heteroatoms. The van der Waals surface area contributed by atoms with E-state index in [9.17, 15) is 14.0 Å². The summed E-state index contributed by atoms with van der Waals surface area (Å²) >= 11 is 2.28. The van der Waals surface area contributed by atoms with Crippen LogP contribution in [-0.4, -0.2) is 28.7 Å². The van der Waals surface area contributed by atoms with Crippen molar-refractivity contribution < 1.29 is 18.7 Å². The number of nitrogens with zero attached hydrogens (tertiary/aromatic N) is 2. The number of amides is 2. The van der Waals surface area contributed by atoms with Crippen molar-refractivity contribution in [2.24, 2.45) is 4.99 Å². The summed E-state index contributed by atoms with van der Waals surface area (Å²) in [6.07, 6.45) is 0.852. The first-order valence-corrected chi connectivity index (χ1v) is 8.45. The first-order valence-electron chi connectivity index (χ1n) is 6.48. The van der Waals surface area contributed by atoms with Gasteiger partial charge in [0.1, 0.15) is 10.2 Å². The predicted molar refractivity (Wildman–Crippen MR) is 88.4 cm³/mol.